The zero-order valence-electron chi connectivity index (χ0n) is 9.44. The Bertz CT molecular complexity index is 571. The molecule has 2 atom stereocenters. The number of nitrogens with two attached hydrogens (primary N) is 1. The maximum Gasteiger partial charge on any atom is 0.125 e. The predicted molar refractivity (Wildman–Crippen MR) is 65.7 cm³/mol. The van der Waals surface area contributed by atoms with Crippen molar-refractivity contribution in [3.8, 4) is 0 Å². The second-order valence-electron chi connectivity index (χ2n) is 4.67. The Morgan fingerprint density at radius 1 is 1.59 bits per heavy atom. The Kier molecular flexibility index (Phi) is 2.43. The third kappa shape index (κ3) is 1.66. The van der Waals surface area contributed by atoms with E-state index in [4.69, 9.17) is 10.5 Å². The van der Waals surface area contributed by atoms with Gasteiger partial charge in [-0.25, -0.2) is 9.37 Å². The molecule has 1 fully saturated rings. The second-order valence-corrected chi connectivity index (χ2v) is 5.70. The maximum absolute atomic E-state index is 13.1. The standard InChI is InChI=1S/C12H13FN2OS/c1-12(6-16-5-10(12)14)11-15-8-4-7(13)2-3-9(8)17-11/h2-4,10H,5-6,14H2,1H3. The van der Waals surface area contributed by atoms with Crippen LogP contribution in [0.2, 0.25) is 0 Å². The van der Waals surface area contributed by atoms with Gasteiger partial charge in [0.1, 0.15) is 10.8 Å². The normalized spacial score (nSPS) is 29.0. The van der Waals surface area contributed by atoms with Crippen LogP contribution in [-0.4, -0.2) is 24.2 Å². The molecule has 0 spiro atoms. The number of hydrogen-bond donors (Lipinski definition) is 1. The van der Waals surface area contributed by atoms with Gasteiger partial charge in [-0.3, -0.25) is 0 Å². The van der Waals surface area contributed by atoms with Crippen molar-refractivity contribution < 1.29 is 9.13 Å². The minimum absolute atomic E-state index is 0.0482. The largest absolute Gasteiger partial charge is 0.379 e. The molecule has 90 valence electrons. The minimum Gasteiger partial charge on any atom is -0.379 e. The van der Waals surface area contributed by atoms with E-state index in [1.165, 1.54) is 12.1 Å². The first-order valence-electron chi connectivity index (χ1n) is 5.49. The number of ether oxygens (including phenoxy) is 1. The summed E-state index contributed by atoms with van der Waals surface area (Å²) in [4.78, 5) is 4.50. The van der Waals surface area contributed by atoms with Gasteiger partial charge in [0.2, 0.25) is 0 Å². The van der Waals surface area contributed by atoms with Crippen molar-refractivity contribution in [2.45, 2.75) is 18.4 Å². The Hall–Kier alpha value is -1.04. The van der Waals surface area contributed by atoms with E-state index in [1.54, 1.807) is 17.4 Å². The molecule has 17 heavy (non-hydrogen) atoms. The van der Waals surface area contributed by atoms with Crippen LogP contribution in [0.25, 0.3) is 10.2 Å². The third-order valence-corrected chi connectivity index (χ3v) is 4.67. The molecule has 0 bridgehead atoms. The average molecular weight is 252 g/mol. The molecule has 0 amide bonds. The SMILES string of the molecule is CC1(c2nc3cc(F)ccc3s2)COCC1N. The predicted octanol–water partition coefficient (Wildman–Crippen LogP) is 2.05. The average Bonchev–Trinajstić information content (AvgIpc) is 2.84. The van der Waals surface area contributed by atoms with E-state index < -0.39 is 0 Å². The van der Waals surface area contributed by atoms with Crippen molar-refractivity contribution >= 4 is 21.6 Å². The van der Waals surface area contributed by atoms with Crippen LogP contribution >= 0.6 is 11.3 Å². The second kappa shape index (κ2) is 3.73. The quantitative estimate of drug-likeness (QED) is 0.845. The van der Waals surface area contributed by atoms with Gasteiger partial charge in [-0.2, -0.15) is 0 Å². The summed E-state index contributed by atoms with van der Waals surface area (Å²) in [7, 11) is 0. The summed E-state index contributed by atoms with van der Waals surface area (Å²) in [6, 6.07) is 4.63. The monoisotopic (exact) mass is 252 g/mol. The van der Waals surface area contributed by atoms with Gasteiger partial charge < -0.3 is 10.5 Å². The first-order chi connectivity index (χ1) is 8.09. The van der Waals surface area contributed by atoms with E-state index in [9.17, 15) is 4.39 Å². The number of rotatable bonds is 1. The molecule has 1 aliphatic heterocycles. The summed E-state index contributed by atoms with van der Waals surface area (Å²) in [5.74, 6) is -0.258. The molecule has 0 radical (unpaired) electrons. The number of thiazole rings is 1. The van der Waals surface area contributed by atoms with Gasteiger partial charge in [-0.1, -0.05) is 0 Å². The highest BCUT2D eigenvalue weighted by Gasteiger charge is 2.41. The molecule has 3 rings (SSSR count). The number of benzene rings is 1. The molecule has 0 aliphatic carbocycles. The molecule has 2 heterocycles. The lowest BCUT2D eigenvalue weighted by atomic mass is 9.87. The fourth-order valence-corrected chi connectivity index (χ4v) is 3.20. The summed E-state index contributed by atoms with van der Waals surface area (Å²) >= 11 is 1.57. The van der Waals surface area contributed by atoms with E-state index in [2.05, 4.69) is 11.9 Å². The Morgan fingerprint density at radius 3 is 3.12 bits per heavy atom. The van der Waals surface area contributed by atoms with E-state index >= 15 is 0 Å². The highest BCUT2D eigenvalue weighted by molar-refractivity contribution is 7.18. The van der Waals surface area contributed by atoms with Crippen LogP contribution in [0.3, 0.4) is 0 Å². The van der Waals surface area contributed by atoms with Gasteiger partial charge >= 0.3 is 0 Å². The van der Waals surface area contributed by atoms with Gasteiger partial charge in [0, 0.05) is 12.1 Å². The molecule has 1 saturated heterocycles. The summed E-state index contributed by atoms with van der Waals surface area (Å²) in [5.41, 5.74) is 6.51. The molecule has 1 aliphatic rings. The zero-order chi connectivity index (χ0) is 12.0. The lowest BCUT2D eigenvalue weighted by molar-refractivity contribution is 0.180. The Balaban J connectivity index is 2.12. The number of hydrogen-bond acceptors (Lipinski definition) is 4. The fourth-order valence-electron chi connectivity index (χ4n) is 2.05. The van der Waals surface area contributed by atoms with Gasteiger partial charge in [0.25, 0.3) is 0 Å². The smallest absolute Gasteiger partial charge is 0.125 e. The van der Waals surface area contributed by atoms with E-state index in [-0.39, 0.29) is 17.3 Å². The lowest BCUT2D eigenvalue weighted by Gasteiger charge is -2.23. The number of aromatic nitrogens is 1. The first kappa shape index (κ1) is 11.1. The van der Waals surface area contributed by atoms with E-state index in [1.807, 2.05) is 0 Å². The topological polar surface area (TPSA) is 48.1 Å². The molecule has 1 aromatic carbocycles. The molecular formula is C12H13FN2OS. The molecule has 2 unspecified atom stereocenters. The van der Waals surface area contributed by atoms with Crippen molar-refractivity contribution in [1.29, 1.82) is 0 Å². The molecule has 5 heteroatoms. The summed E-state index contributed by atoms with van der Waals surface area (Å²) in [6.07, 6.45) is 0. The minimum atomic E-state index is -0.258. The van der Waals surface area contributed by atoms with Crippen molar-refractivity contribution in [3.05, 3.63) is 29.0 Å². The molecule has 2 aromatic rings. The van der Waals surface area contributed by atoms with Crippen LogP contribution in [0.1, 0.15) is 11.9 Å². The van der Waals surface area contributed by atoms with Crippen molar-refractivity contribution in [1.82, 2.24) is 4.98 Å². The summed E-state index contributed by atoms with van der Waals surface area (Å²) < 4.78 is 19.5. The van der Waals surface area contributed by atoms with E-state index in [0.29, 0.717) is 18.7 Å². The van der Waals surface area contributed by atoms with Crippen molar-refractivity contribution in [2.75, 3.05) is 13.2 Å². The summed E-state index contributed by atoms with van der Waals surface area (Å²) in [5, 5.41) is 0.933. The van der Waals surface area contributed by atoms with Crippen LogP contribution in [0.5, 0.6) is 0 Å². The van der Waals surface area contributed by atoms with Crippen LogP contribution in [-0.2, 0) is 10.2 Å². The Labute approximate surface area is 102 Å². The van der Waals surface area contributed by atoms with Crippen LogP contribution < -0.4 is 5.73 Å². The van der Waals surface area contributed by atoms with Crippen LogP contribution in [0, 0.1) is 5.82 Å². The number of nitrogens with zero attached hydrogens (tertiary/aromatic N) is 1. The van der Waals surface area contributed by atoms with E-state index in [0.717, 1.165) is 9.71 Å². The van der Waals surface area contributed by atoms with Crippen LogP contribution in [0.15, 0.2) is 18.2 Å². The van der Waals surface area contributed by atoms with Crippen LogP contribution in [0.4, 0.5) is 4.39 Å². The molecule has 2 N–H and O–H groups in total. The maximum atomic E-state index is 13.1. The molecule has 0 saturated carbocycles. The van der Waals surface area contributed by atoms with Gasteiger partial charge in [-0.05, 0) is 19.1 Å². The Morgan fingerprint density at radius 2 is 2.41 bits per heavy atom. The third-order valence-electron chi connectivity index (χ3n) is 3.36. The molecule has 3 nitrogen and oxygen atoms in total. The van der Waals surface area contributed by atoms with Gasteiger partial charge in [-0.15, -0.1) is 11.3 Å². The lowest BCUT2D eigenvalue weighted by Crippen LogP contribution is -2.41. The highest BCUT2D eigenvalue weighted by atomic mass is 32.1. The zero-order valence-corrected chi connectivity index (χ0v) is 10.3. The number of fused-ring (bicyclic) bond motifs is 1. The first-order valence-corrected chi connectivity index (χ1v) is 6.31. The highest BCUT2D eigenvalue weighted by Crippen LogP contribution is 2.36. The van der Waals surface area contributed by atoms with Crippen molar-refractivity contribution in [2.24, 2.45) is 5.73 Å². The van der Waals surface area contributed by atoms with Gasteiger partial charge in [0.15, 0.2) is 0 Å². The number of halogens is 1. The van der Waals surface area contributed by atoms with Crippen molar-refractivity contribution in [3.63, 3.8) is 0 Å². The summed E-state index contributed by atoms with van der Waals surface area (Å²) in [6.45, 7) is 3.19. The molecular weight excluding hydrogens is 239 g/mol. The fraction of sp³-hybridized carbons (Fsp3) is 0.417. The van der Waals surface area contributed by atoms with Gasteiger partial charge in [0.05, 0.1) is 28.8 Å². The molecule has 1 aromatic heterocycles.